The molecule has 0 saturated heterocycles. The number of nitrogens with zero attached hydrogens (tertiary/aromatic N) is 2. The summed E-state index contributed by atoms with van der Waals surface area (Å²) in [6, 6.07) is 9.93. The van der Waals surface area contributed by atoms with Crippen molar-refractivity contribution < 1.29 is 33.0 Å². The van der Waals surface area contributed by atoms with E-state index in [4.69, 9.17) is 4.74 Å². The molecule has 2 aromatic carbocycles. The first kappa shape index (κ1) is 26.0. The van der Waals surface area contributed by atoms with E-state index in [0.717, 1.165) is 12.3 Å². The van der Waals surface area contributed by atoms with Crippen LogP contribution in [0.5, 0.6) is 5.75 Å². The number of carbonyl (C=O) groups is 3. The lowest BCUT2D eigenvalue weighted by Crippen LogP contribution is -2.50. The molecule has 0 saturated carbocycles. The van der Waals surface area contributed by atoms with Gasteiger partial charge in [-0.3, -0.25) is 19.2 Å². The van der Waals surface area contributed by atoms with Crippen LogP contribution in [-0.4, -0.2) is 51.4 Å². The Morgan fingerprint density at radius 3 is 2.59 bits per heavy atom. The van der Waals surface area contributed by atoms with E-state index >= 15 is 0 Å². The van der Waals surface area contributed by atoms with Gasteiger partial charge < -0.3 is 24.6 Å². The van der Waals surface area contributed by atoms with Gasteiger partial charge in [0.15, 0.2) is 17.2 Å². The first-order valence-electron chi connectivity index (χ1n) is 12.1. The summed E-state index contributed by atoms with van der Waals surface area (Å²) < 4.78 is 34.4. The van der Waals surface area contributed by atoms with Crippen molar-refractivity contribution in [1.82, 2.24) is 14.8 Å². The topological polar surface area (TPSA) is 118 Å². The lowest BCUT2D eigenvalue weighted by Gasteiger charge is -2.37. The van der Waals surface area contributed by atoms with Crippen molar-refractivity contribution in [3.63, 3.8) is 0 Å². The minimum absolute atomic E-state index is 0.00619. The fourth-order valence-electron chi connectivity index (χ4n) is 4.61. The van der Waals surface area contributed by atoms with E-state index in [9.17, 15) is 33.1 Å². The number of carbonyl (C=O) groups excluding carboxylic acids is 3. The molecule has 5 rings (SSSR count). The molecule has 9 nitrogen and oxygen atoms in total. The van der Waals surface area contributed by atoms with Crippen molar-refractivity contribution in [3.05, 3.63) is 111 Å². The van der Waals surface area contributed by atoms with Gasteiger partial charge in [-0.2, -0.15) is 0 Å². The highest BCUT2D eigenvalue weighted by Gasteiger charge is 2.42. The first-order chi connectivity index (χ1) is 18.8. The number of pyridine rings is 1. The van der Waals surface area contributed by atoms with Gasteiger partial charge in [0.25, 0.3) is 11.8 Å². The van der Waals surface area contributed by atoms with Gasteiger partial charge in [0.2, 0.25) is 5.43 Å². The molecule has 3 aromatic rings. The van der Waals surface area contributed by atoms with Crippen molar-refractivity contribution in [2.45, 2.75) is 25.2 Å². The van der Waals surface area contributed by atoms with Crippen LogP contribution in [0.4, 0.5) is 8.78 Å². The number of amides is 2. The van der Waals surface area contributed by atoms with E-state index in [1.54, 1.807) is 30.3 Å². The zero-order valence-corrected chi connectivity index (χ0v) is 20.5. The maximum atomic E-state index is 14.1. The maximum Gasteiger partial charge on any atom is 0.275 e. The third kappa shape index (κ3) is 4.96. The highest BCUT2D eigenvalue weighted by atomic mass is 19.1. The number of ketones is 1. The van der Waals surface area contributed by atoms with Crippen LogP contribution in [0.1, 0.15) is 38.0 Å². The Bertz CT molecular complexity index is 1550. The quantitative estimate of drug-likeness (QED) is 0.479. The molecule has 2 aliphatic rings. The lowest BCUT2D eigenvalue weighted by atomic mass is 10.0. The molecule has 39 heavy (non-hydrogen) atoms. The minimum atomic E-state index is -0.980. The summed E-state index contributed by atoms with van der Waals surface area (Å²) in [5.74, 6) is -4.02. The number of ether oxygens (including phenoxy) is 1. The molecule has 2 amide bonds. The van der Waals surface area contributed by atoms with Gasteiger partial charge in [-0.15, -0.1) is 0 Å². The molecule has 0 unspecified atom stereocenters. The standard InChI is InChI=1S/C28H23F2N3O6/c29-18-7-6-17(21(30)10-18)11-31-27(37)20-12-33-22-13-32(19(14-34)8-9-23(22)35)28(38)24(33)26(25(20)36)39-15-16-4-2-1-3-5-16/h1-10,12,19,22,34H,11,13-15H2,(H,31,37)/t19-,22-/m1/s1. The van der Waals surface area contributed by atoms with Crippen LogP contribution in [0.15, 0.2) is 71.7 Å². The van der Waals surface area contributed by atoms with Crippen molar-refractivity contribution >= 4 is 17.6 Å². The van der Waals surface area contributed by atoms with E-state index in [-0.39, 0.29) is 31.0 Å². The van der Waals surface area contributed by atoms with Gasteiger partial charge in [-0.25, -0.2) is 8.78 Å². The van der Waals surface area contributed by atoms with Crippen molar-refractivity contribution in [2.24, 2.45) is 0 Å². The molecule has 2 atom stereocenters. The van der Waals surface area contributed by atoms with Gasteiger partial charge in [0.1, 0.15) is 29.8 Å². The Hall–Kier alpha value is -4.64. The Labute approximate surface area is 220 Å². The van der Waals surface area contributed by atoms with E-state index < -0.39 is 64.7 Å². The summed E-state index contributed by atoms with van der Waals surface area (Å²) in [6.07, 6.45) is 3.79. The third-order valence-corrected chi connectivity index (χ3v) is 6.68. The Balaban J connectivity index is 1.57. The predicted molar refractivity (Wildman–Crippen MR) is 134 cm³/mol. The second-order valence-electron chi connectivity index (χ2n) is 9.13. The molecule has 3 heterocycles. The average Bonchev–Trinajstić information content (AvgIpc) is 3.08. The summed E-state index contributed by atoms with van der Waals surface area (Å²) in [5.41, 5.74) is -0.866. The summed E-state index contributed by atoms with van der Waals surface area (Å²) in [5, 5.41) is 12.2. The molecule has 1 aromatic heterocycles. The van der Waals surface area contributed by atoms with Gasteiger partial charge in [-0.1, -0.05) is 42.5 Å². The number of hydrogen-bond donors (Lipinski definition) is 2. The van der Waals surface area contributed by atoms with Crippen LogP contribution < -0.4 is 15.5 Å². The van der Waals surface area contributed by atoms with Crippen LogP contribution >= 0.6 is 0 Å². The second-order valence-corrected chi connectivity index (χ2v) is 9.13. The molecule has 0 radical (unpaired) electrons. The van der Waals surface area contributed by atoms with Gasteiger partial charge >= 0.3 is 0 Å². The van der Waals surface area contributed by atoms with Gasteiger partial charge in [0, 0.05) is 30.9 Å². The van der Waals surface area contributed by atoms with Crippen LogP contribution in [0.25, 0.3) is 0 Å². The fourth-order valence-corrected chi connectivity index (χ4v) is 4.61. The Kier molecular flexibility index (Phi) is 7.07. The number of benzene rings is 2. The molecule has 0 fully saturated rings. The van der Waals surface area contributed by atoms with E-state index in [1.807, 2.05) is 0 Å². The molecule has 0 aliphatic carbocycles. The first-order valence-corrected chi connectivity index (χ1v) is 12.1. The van der Waals surface area contributed by atoms with Gasteiger partial charge in [0.05, 0.1) is 12.6 Å². The summed E-state index contributed by atoms with van der Waals surface area (Å²) >= 11 is 0. The second kappa shape index (κ2) is 10.6. The molecular weight excluding hydrogens is 512 g/mol. The lowest BCUT2D eigenvalue weighted by molar-refractivity contribution is -0.118. The van der Waals surface area contributed by atoms with Crippen LogP contribution in [-0.2, 0) is 17.9 Å². The molecule has 2 aliphatic heterocycles. The molecule has 2 N–H and O–H groups in total. The van der Waals surface area contributed by atoms with Crippen LogP contribution in [0.3, 0.4) is 0 Å². The molecule has 11 heteroatoms. The summed E-state index contributed by atoms with van der Waals surface area (Å²) in [6.45, 7) is -0.982. The molecular formula is C28H23F2N3O6. The van der Waals surface area contributed by atoms with Crippen molar-refractivity contribution in [3.8, 4) is 5.75 Å². The smallest absolute Gasteiger partial charge is 0.275 e. The normalized spacial score (nSPS) is 18.0. The van der Waals surface area contributed by atoms with Crippen LogP contribution in [0, 0.1) is 11.6 Å². The number of hydrogen-bond acceptors (Lipinski definition) is 6. The van der Waals surface area contributed by atoms with E-state index in [2.05, 4.69) is 5.32 Å². The number of allylic oxidation sites excluding steroid dienone is 1. The monoisotopic (exact) mass is 535 g/mol. The molecule has 200 valence electrons. The predicted octanol–water partition coefficient (Wildman–Crippen LogP) is 2.13. The Morgan fingerprint density at radius 1 is 1.10 bits per heavy atom. The largest absolute Gasteiger partial charge is 0.483 e. The number of halogens is 2. The van der Waals surface area contributed by atoms with E-state index in [1.165, 1.54) is 27.7 Å². The molecule has 0 spiro atoms. The Morgan fingerprint density at radius 2 is 1.87 bits per heavy atom. The van der Waals surface area contributed by atoms with E-state index in [0.29, 0.717) is 11.6 Å². The number of aliphatic hydroxyl groups excluding tert-OH is 1. The van der Waals surface area contributed by atoms with Crippen molar-refractivity contribution in [1.29, 1.82) is 0 Å². The van der Waals surface area contributed by atoms with Crippen LogP contribution in [0.2, 0.25) is 0 Å². The maximum absolute atomic E-state index is 14.1. The summed E-state index contributed by atoms with van der Waals surface area (Å²) in [7, 11) is 0. The summed E-state index contributed by atoms with van der Waals surface area (Å²) in [4.78, 5) is 54.5. The number of fused-ring (bicyclic) bond motifs is 4. The SMILES string of the molecule is O=C(NCc1ccc(F)cc1F)c1cn2c(c(OCc3ccccc3)c1=O)C(=O)N1C[C@@H]2C(=O)C=C[C@@H]1CO. The zero-order chi connectivity index (χ0) is 27.7. The minimum Gasteiger partial charge on any atom is -0.483 e. The zero-order valence-electron chi connectivity index (χ0n) is 20.5. The molecule has 2 bridgehead atoms. The number of nitrogens with one attached hydrogen (secondary N) is 1. The highest BCUT2D eigenvalue weighted by Crippen LogP contribution is 2.31. The van der Waals surface area contributed by atoms with Gasteiger partial charge in [-0.05, 0) is 17.7 Å². The number of rotatable bonds is 7. The van der Waals surface area contributed by atoms with Crippen molar-refractivity contribution in [2.75, 3.05) is 13.2 Å². The average molecular weight is 536 g/mol. The number of aromatic nitrogens is 1. The highest BCUT2D eigenvalue weighted by molar-refractivity contribution is 6.03. The fraction of sp³-hybridized carbons (Fsp3) is 0.214. The number of aliphatic hydroxyl groups is 1. The third-order valence-electron chi connectivity index (χ3n) is 6.68.